The van der Waals surface area contributed by atoms with Gasteiger partial charge in [-0.15, -0.1) is 0 Å². The standard InChI is InChI=1S/C13H20N4O/c1-8-10(5-15-16-8)13(18)17-6-9-3-2-4-12(14)11(9)7-17/h5,9,11-12H,2-4,6-7,14H2,1H3,(H,15,16). The van der Waals surface area contributed by atoms with Crippen molar-refractivity contribution in [2.24, 2.45) is 17.6 Å². The molecule has 2 fully saturated rings. The SMILES string of the molecule is Cc1[nH]ncc1C(=O)N1CC2CCCC(N)C2C1. The molecule has 2 aliphatic rings. The Morgan fingerprint density at radius 3 is 3.00 bits per heavy atom. The van der Waals surface area contributed by atoms with Crippen LogP contribution < -0.4 is 5.73 Å². The van der Waals surface area contributed by atoms with Crippen LogP contribution in [-0.4, -0.2) is 40.1 Å². The molecule has 1 aromatic heterocycles. The van der Waals surface area contributed by atoms with Gasteiger partial charge in [0.05, 0.1) is 11.8 Å². The second-order valence-electron chi connectivity index (χ2n) is 5.64. The zero-order chi connectivity index (χ0) is 12.7. The van der Waals surface area contributed by atoms with Crippen molar-refractivity contribution in [3.8, 4) is 0 Å². The molecule has 3 N–H and O–H groups in total. The van der Waals surface area contributed by atoms with E-state index in [1.54, 1.807) is 6.20 Å². The first-order chi connectivity index (χ1) is 8.66. The lowest BCUT2D eigenvalue weighted by Crippen LogP contribution is -2.38. The molecule has 0 aromatic carbocycles. The van der Waals surface area contributed by atoms with Crippen LogP contribution in [0, 0.1) is 18.8 Å². The van der Waals surface area contributed by atoms with Gasteiger partial charge < -0.3 is 10.6 Å². The number of nitrogens with zero attached hydrogens (tertiary/aromatic N) is 2. The number of carbonyl (C=O) groups excluding carboxylic acids is 1. The number of fused-ring (bicyclic) bond motifs is 1. The maximum Gasteiger partial charge on any atom is 0.257 e. The van der Waals surface area contributed by atoms with Crippen molar-refractivity contribution in [1.29, 1.82) is 0 Å². The Balaban J connectivity index is 1.75. The third-order valence-corrected chi connectivity index (χ3v) is 4.50. The molecule has 1 aliphatic heterocycles. The fraction of sp³-hybridized carbons (Fsp3) is 0.692. The molecule has 1 amide bonds. The van der Waals surface area contributed by atoms with Crippen molar-refractivity contribution in [3.63, 3.8) is 0 Å². The van der Waals surface area contributed by atoms with Crippen molar-refractivity contribution in [3.05, 3.63) is 17.5 Å². The minimum Gasteiger partial charge on any atom is -0.338 e. The summed E-state index contributed by atoms with van der Waals surface area (Å²) in [6.07, 6.45) is 5.15. The summed E-state index contributed by atoms with van der Waals surface area (Å²) in [5.41, 5.74) is 7.72. The van der Waals surface area contributed by atoms with Crippen molar-refractivity contribution in [2.75, 3.05) is 13.1 Å². The van der Waals surface area contributed by atoms with Gasteiger partial charge in [0.1, 0.15) is 0 Å². The number of amides is 1. The van der Waals surface area contributed by atoms with Crippen LogP contribution in [-0.2, 0) is 0 Å². The van der Waals surface area contributed by atoms with Crippen LogP contribution in [0.4, 0.5) is 0 Å². The molecule has 1 aromatic rings. The molecule has 18 heavy (non-hydrogen) atoms. The molecule has 1 saturated carbocycles. The fourth-order valence-corrected chi connectivity index (χ4v) is 3.42. The summed E-state index contributed by atoms with van der Waals surface area (Å²) >= 11 is 0. The third-order valence-electron chi connectivity index (χ3n) is 4.50. The van der Waals surface area contributed by atoms with Gasteiger partial charge in [-0.1, -0.05) is 6.42 Å². The molecule has 3 unspecified atom stereocenters. The molecular weight excluding hydrogens is 228 g/mol. The van der Waals surface area contributed by atoms with Crippen LogP contribution in [0.2, 0.25) is 0 Å². The predicted molar refractivity (Wildman–Crippen MR) is 68.0 cm³/mol. The zero-order valence-electron chi connectivity index (χ0n) is 10.7. The number of rotatable bonds is 1. The van der Waals surface area contributed by atoms with E-state index in [2.05, 4.69) is 10.2 Å². The van der Waals surface area contributed by atoms with E-state index < -0.39 is 0 Å². The minimum atomic E-state index is 0.0999. The van der Waals surface area contributed by atoms with E-state index in [4.69, 9.17) is 5.73 Å². The van der Waals surface area contributed by atoms with Crippen LogP contribution >= 0.6 is 0 Å². The van der Waals surface area contributed by atoms with Gasteiger partial charge in [0.25, 0.3) is 5.91 Å². The number of nitrogens with two attached hydrogens (primary N) is 1. The van der Waals surface area contributed by atoms with E-state index in [9.17, 15) is 4.79 Å². The lowest BCUT2D eigenvalue weighted by molar-refractivity contribution is 0.0783. The number of aryl methyl sites for hydroxylation is 1. The Kier molecular flexibility index (Phi) is 2.86. The Bertz CT molecular complexity index is 456. The Hall–Kier alpha value is -1.36. The van der Waals surface area contributed by atoms with E-state index >= 15 is 0 Å². The van der Waals surface area contributed by atoms with Gasteiger partial charge in [-0.05, 0) is 31.6 Å². The van der Waals surface area contributed by atoms with Crippen LogP contribution in [0.3, 0.4) is 0 Å². The molecular formula is C13H20N4O. The average Bonchev–Trinajstić information content (AvgIpc) is 2.95. The number of aromatic amines is 1. The largest absolute Gasteiger partial charge is 0.338 e. The maximum atomic E-state index is 12.4. The van der Waals surface area contributed by atoms with E-state index in [1.165, 1.54) is 12.8 Å². The van der Waals surface area contributed by atoms with E-state index in [1.807, 2.05) is 11.8 Å². The first-order valence-electron chi connectivity index (χ1n) is 6.71. The van der Waals surface area contributed by atoms with Gasteiger partial charge in [0, 0.05) is 24.8 Å². The van der Waals surface area contributed by atoms with Gasteiger partial charge >= 0.3 is 0 Å². The van der Waals surface area contributed by atoms with Crippen molar-refractivity contribution < 1.29 is 4.79 Å². The normalized spacial score (nSPS) is 31.4. The summed E-state index contributed by atoms with van der Waals surface area (Å²) in [4.78, 5) is 14.4. The molecule has 2 heterocycles. The van der Waals surface area contributed by atoms with Crippen molar-refractivity contribution in [1.82, 2.24) is 15.1 Å². The highest BCUT2D eigenvalue weighted by Crippen LogP contribution is 2.36. The second-order valence-corrected chi connectivity index (χ2v) is 5.64. The zero-order valence-corrected chi connectivity index (χ0v) is 10.7. The van der Waals surface area contributed by atoms with Gasteiger partial charge in [-0.25, -0.2) is 0 Å². The first kappa shape index (κ1) is 11.7. The van der Waals surface area contributed by atoms with Gasteiger partial charge in [-0.3, -0.25) is 9.89 Å². The predicted octanol–water partition coefficient (Wildman–Crippen LogP) is 0.918. The van der Waals surface area contributed by atoms with E-state index in [0.717, 1.165) is 25.2 Å². The number of carbonyl (C=O) groups is 1. The number of H-pyrrole nitrogens is 1. The summed E-state index contributed by atoms with van der Waals surface area (Å²) in [7, 11) is 0. The number of hydrogen-bond donors (Lipinski definition) is 2. The minimum absolute atomic E-state index is 0.0999. The quantitative estimate of drug-likeness (QED) is 0.776. The molecule has 1 saturated heterocycles. The van der Waals surface area contributed by atoms with Crippen molar-refractivity contribution in [2.45, 2.75) is 32.2 Å². The molecule has 3 atom stereocenters. The first-order valence-corrected chi connectivity index (χ1v) is 6.71. The molecule has 5 heteroatoms. The topological polar surface area (TPSA) is 75.0 Å². The van der Waals surface area contributed by atoms with E-state index in [-0.39, 0.29) is 11.9 Å². The smallest absolute Gasteiger partial charge is 0.257 e. The van der Waals surface area contributed by atoms with Gasteiger partial charge in [0.2, 0.25) is 0 Å². The lowest BCUT2D eigenvalue weighted by atomic mass is 9.78. The van der Waals surface area contributed by atoms with Crippen LogP contribution in [0.5, 0.6) is 0 Å². The number of hydrogen-bond acceptors (Lipinski definition) is 3. The Labute approximate surface area is 107 Å². The third kappa shape index (κ3) is 1.82. The highest BCUT2D eigenvalue weighted by Gasteiger charge is 2.40. The highest BCUT2D eigenvalue weighted by molar-refractivity contribution is 5.95. The summed E-state index contributed by atoms with van der Waals surface area (Å²) in [6, 6.07) is 0.270. The molecule has 1 aliphatic carbocycles. The molecule has 0 radical (unpaired) electrons. The summed E-state index contributed by atoms with van der Waals surface area (Å²) < 4.78 is 0. The highest BCUT2D eigenvalue weighted by atomic mass is 16.2. The maximum absolute atomic E-state index is 12.4. The molecule has 0 spiro atoms. The summed E-state index contributed by atoms with van der Waals surface area (Å²) in [5, 5.41) is 6.74. The lowest BCUT2D eigenvalue weighted by Gasteiger charge is -2.29. The summed E-state index contributed by atoms with van der Waals surface area (Å²) in [6.45, 7) is 3.56. The molecule has 5 nitrogen and oxygen atoms in total. The Morgan fingerprint density at radius 1 is 1.50 bits per heavy atom. The van der Waals surface area contributed by atoms with Crippen LogP contribution in [0.15, 0.2) is 6.20 Å². The van der Waals surface area contributed by atoms with Gasteiger partial charge in [0.15, 0.2) is 0 Å². The fourth-order valence-electron chi connectivity index (χ4n) is 3.42. The van der Waals surface area contributed by atoms with Crippen molar-refractivity contribution >= 4 is 5.91 Å². The Morgan fingerprint density at radius 2 is 2.33 bits per heavy atom. The van der Waals surface area contributed by atoms with Gasteiger partial charge in [-0.2, -0.15) is 5.10 Å². The monoisotopic (exact) mass is 248 g/mol. The molecule has 98 valence electrons. The number of aromatic nitrogens is 2. The number of nitrogens with one attached hydrogen (secondary N) is 1. The second kappa shape index (κ2) is 4.39. The van der Waals surface area contributed by atoms with Crippen LogP contribution in [0.25, 0.3) is 0 Å². The summed E-state index contributed by atoms with van der Waals surface area (Å²) in [5.74, 6) is 1.20. The molecule has 3 rings (SSSR count). The number of likely N-dealkylation sites (tertiary alicyclic amines) is 1. The average molecular weight is 248 g/mol. The van der Waals surface area contributed by atoms with Crippen LogP contribution in [0.1, 0.15) is 35.3 Å². The van der Waals surface area contributed by atoms with E-state index in [0.29, 0.717) is 17.4 Å². The molecule has 0 bridgehead atoms.